The topological polar surface area (TPSA) is 46.0 Å². The van der Waals surface area contributed by atoms with E-state index in [1.807, 2.05) is 57.2 Å². The second kappa shape index (κ2) is 8.44. The molecule has 144 valence electrons. The molecule has 27 heavy (non-hydrogen) atoms. The molecule has 2 N–H and O–H groups in total. The molecule has 0 radical (unpaired) electrons. The van der Waals surface area contributed by atoms with E-state index >= 15 is 0 Å². The van der Waals surface area contributed by atoms with E-state index in [1.165, 1.54) is 4.90 Å². The fourth-order valence-electron chi connectivity index (χ4n) is 3.79. The molecule has 1 aliphatic heterocycles. The van der Waals surface area contributed by atoms with Gasteiger partial charge in [-0.3, -0.25) is 4.79 Å². The summed E-state index contributed by atoms with van der Waals surface area (Å²) < 4.78 is 5.49. The van der Waals surface area contributed by atoms with Crippen LogP contribution in [0.4, 0.5) is 11.4 Å². The van der Waals surface area contributed by atoms with Gasteiger partial charge < -0.3 is 19.9 Å². The number of aryl methyl sites for hydroxylation is 2. The van der Waals surface area contributed by atoms with Crippen LogP contribution in [0.1, 0.15) is 18.1 Å². The Balaban J connectivity index is 1.61. The average molecular weight is 369 g/mol. The van der Waals surface area contributed by atoms with Gasteiger partial charge in [-0.2, -0.15) is 0 Å². The third kappa shape index (κ3) is 4.25. The van der Waals surface area contributed by atoms with Crippen molar-refractivity contribution >= 4 is 17.3 Å². The van der Waals surface area contributed by atoms with Gasteiger partial charge in [0, 0.05) is 5.69 Å². The molecule has 1 amide bonds. The van der Waals surface area contributed by atoms with E-state index in [2.05, 4.69) is 16.3 Å². The minimum Gasteiger partial charge on any atom is -0.495 e. The molecule has 1 atom stereocenters. The molecular weight excluding hydrogens is 338 g/mol. The molecule has 0 unspecified atom stereocenters. The third-order valence-corrected chi connectivity index (χ3v) is 5.57. The molecule has 2 aromatic carbocycles. The van der Waals surface area contributed by atoms with Gasteiger partial charge in [-0.25, -0.2) is 0 Å². The molecule has 0 saturated carbocycles. The van der Waals surface area contributed by atoms with Gasteiger partial charge in [-0.15, -0.1) is 0 Å². The highest BCUT2D eigenvalue weighted by atomic mass is 16.5. The molecule has 0 bridgehead atoms. The maximum Gasteiger partial charge on any atom is 0.282 e. The van der Waals surface area contributed by atoms with E-state index in [-0.39, 0.29) is 11.9 Å². The Labute approximate surface area is 161 Å². The highest BCUT2D eigenvalue weighted by molar-refractivity contribution is 5.95. The van der Waals surface area contributed by atoms with Crippen LogP contribution in [0.3, 0.4) is 0 Å². The Bertz CT molecular complexity index is 778. The number of para-hydroxylation sites is 3. The predicted octanol–water partition coefficient (Wildman–Crippen LogP) is 2.04. The van der Waals surface area contributed by atoms with Gasteiger partial charge in [0.1, 0.15) is 5.75 Å². The van der Waals surface area contributed by atoms with Gasteiger partial charge in [0.25, 0.3) is 5.91 Å². The van der Waals surface area contributed by atoms with Crippen LogP contribution in [0.25, 0.3) is 0 Å². The summed E-state index contributed by atoms with van der Waals surface area (Å²) in [5.74, 6) is 0.995. The zero-order valence-corrected chi connectivity index (χ0v) is 16.7. The zero-order chi connectivity index (χ0) is 19.4. The number of ether oxygens (including phenoxy) is 1. The Morgan fingerprint density at radius 2 is 1.70 bits per heavy atom. The summed E-state index contributed by atoms with van der Waals surface area (Å²) in [7, 11) is 1.71. The van der Waals surface area contributed by atoms with Crippen LogP contribution in [0.5, 0.6) is 5.75 Å². The summed E-state index contributed by atoms with van der Waals surface area (Å²) in [5.41, 5.74) is 4.28. The first kappa shape index (κ1) is 19.2. The van der Waals surface area contributed by atoms with Gasteiger partial charge in [0.15, 0.2) is 6.04 Å². The van der Waals surface area contributed by atoms with Crippen molar-refractivity contribution in [1.82, 2.24) is 0 Å². The number of anilines is 2. The molecule has 1 aliphatic rings. The summed E-state index contributed by atoms with van der Waals surface area (Å²) in [6.07, 6.45) is 0. The van der Waals surface area contributed by atoms with Crippen molar-refractivity contribution in [2.75, 3.05) is 43.5 Å². The summed E-state index contributed by atoms with van der Waals surface area (Å²) >= 11 is 0. The molecule has 3 rings (SSSR count). The van der Waals surface area contributed by atoms with Gasteiger partial charge in [0.05, 0.1) is 39.0 Å². The second-order valence-corrected chi connectivity index (χ2v) is 7.29. The Hall–Kier alpha value is -2.53. The maximum absolute atomic E-state index is 12.8. The third-order valence-electron chi connectivity index (χ3n) is 5.57. The van der Waals surface area contributed by atoms with Crippen LogP contribution >= 0.6 is 0 Å². The van der Waals surface area contributed by atoms with Crippen molar-refractivity contribution in [3.63, 3.8) is 0 Å². The number of nitrogens with zero attached hydrogens (tertiary/aromatic N) is 1. The van der Waals surface area contributed by atoms with E-state index < -0.39 is 0 Å². The van der Waals surface area contributed by atoms with Crippen LogP contribution in [0, 0.1) is 13.8 Å². The minimum absolute atomic E-state index is 0.0798. The smallest absolute Gasteiger partial charge is 0.282 e. The lowest BCUT2D eigenvalue weighted by molar-refractivity contribution is -0.914. The molecule has 0 aliphatic carbocycles. The number of carbonyl (C=O) groups is 1. The molecule has 1 heterocycles. The van der Waals surface area contributed by atoms with Crippen LogP contribution in [0.15, 0.2) is 42.5 Å². The van der Waals surface area contributed by atoms with Gasteiger partial charge >= 0.3 is 0 Å². The number of hydrogen-bond acceptors (Lipinski definition) is 3. The number of quaternary nitrogens is 1. The quantitative estimate of drug-likeness (QED) is 0.849. The first-order valence-corrected chi connectivity index (χ1v) is 9.61. The lowest BCUT2D eigenvalue weighted by Gasteiger charge is -2.36. The number of hydrogen-bond donors (Lipinski definition) is 2. The molecular formula is C22H30N3O2+. The molecule has 1 fully saturated rings. The molecule has 1 saturated heterocycles. The Kier molecular flexibility index (Phi) is 6.01. The Morgan fingerprint density at radius 3 is 2.33 bits per heavy atom. The molecule has 5 heteroatoms. The number of rotatable bonds is 5. The summed E-state index contributed by atoms with van der Waals surface area (Å²) in [6.45, 7) is 9.78. The van der Waals surface area contributed by atoms with Crippen LogP contribution in [-0.2, 0) is 4.79 Å². The lowest BCUT2D eigenvalue weighted by Crippen LogP contribution is -3.19. The predicted molar refractivity (Wildman–Crippen MR) is 110 cm³/mol. The van der Waals surface area contributed by atoms with E-state index in [0.717, 1.165) is 54.4 Å². The van der Waals surface area contributed by atoms with Crippen LogP contribution in [-0.4, -0.2) is 45.2 Å². The van der Waals surface area contributed by atoms with Crippen molar-refractivity contribution in [2.24, 2.45) is 0 Å². The average Bonchev–Trinajstić information content (AvgIpc) is 2.70. The number of nitrogens with one attached hydrogen (secondary N) is 2. The minimum atomic E-state index is -0.0798. The second-order valence-electron chi connectivity index (χ2n) is 7.29. The first-order valence-electron chi connectivity index (χ1n) is 9.61. The van der Waals surface area contributed by atoms with E-state index in [0.29, 0.717) is 0 Å². The fraction of sp³-hybridized carbons (Fsp3) is 0.409. The van der Waals surface area contributed by atoms with Crippen molar-refractivity contribution < 1.29 is 14.4 Å². The molecule has 0 aromatic heterocycles. The van der Waals surface area contributed by atoms with Crippen molar-refractivity contribution in [1.29, 1.82) is 0 Å². The zero-order valence-electron chi connectivity index (χ0n) is 16.7. The van der Waals surface area contributed by atoms with E-state index in [4.69, 9.17) is 4.74 Å². The fourth-order valence-corrected chi connectivity index (χ4v) is 3.79. The number of amides is 1. The number of methoxy groups -OCH3 is 1. The van der Waals surface area contributed by atoms with Crippen molar-refractivity contribution in [2.45, 2.75) is 26.8 Å². The van der Waals surface area contributed by atoms with E-state index in [1.54, 1.807) is 7.11 Å². The Morgan fingerprint density at radius 1 is 1.07 bits per heavy atom. The monoisotopic (exact) mass is 368 g/mol. The normalized spacial score (nSPS) is 16.1. The number of carbonyl (C=O) groups excluding carboxylic acids is 1. The standard InChI is InChI=1S/C22H29N3O2/c1-16-8-7-9-17(2)21(16)23-22(26)18(3)24-12-14-25(15-13-24)19-10-5-6-11-20(19)27-4/h5-11,18H,12-15H2,1-4H3,(H,23,26)/p+1/t18-/m0/s1. The van der Waals surface area contributed by atoms with Crippen LogP contribution in [0.2, 0.25) is 0 Å². The molecule has 2 aromatic rings. The van der Waals surface area contributed by atoms with Crippen molar-refractivity contribution in [3.05, 3.63) is 53.6 Å². The number of piperazine rings is 1. The molecule has 0 spiro atoms. The largest absolute Gasteiger partial charge is 0.495 e. The van der Waals surface area contributed by atoms with Gasteiger partial charge in [-0.05, 0) is 44.0 Å². The summed E-state index contributed by atoms with van der Waals surface area (Å²) in [5, 5.41) is 3.14. The summed E-state index contributed by atoms with van der Waals surface area (Å²) in [6, 6.07) is 14.1. The first-order chi connectivity index (χ1) is 13.0. The number of benzene rings is 2. The lowest BCUT2D eigenvalue weighted by atomic mass is 10.1. The highest BCUT2D eigenvalue weighted by Crippen LogP contribution is 2.27. The summed E-state index contributed by atoms with van der Waals surface area (Å²) in [4.78, 5) is 16.5. The van der Waals surface area contributed by atoms with Gasteiger partial charge in [-0.1, -0.05) is 30.3 Å². The van der Waals surface area contributed by atoms with Crippen molar-refractivity contribution in [3.8, 4) is 5.75 Å². The molecule has 5 nitrogen and oxygen atoms in total. The van der Waals surface area contributed by atoms with E-state index in [9.17, 15) is 4.79 Å². The SMILES string of the molecule is COc1ccccc1N1CC[NH+]([C@@H](C)C(=O)Nc2c(C)cccc2C)CC1. The van der Waals surface area contributed by atoms with Crippen LogP contribution < -0.4 is 19.9 Å². The maximum atomic E-state index is 12.8. The highest BCUT2D eigenvalue weighted by Gasteiger charge is 2.30. The van der Waals surface area contributed by atoms with Gasteiger partial charge in [0.2, 0.25) is 0 Å².